The van der Waals surface area contributed by atoms with Crippen molar-refractivity contribution in [1.82, 2.24) is 9.21 Å². The van der Waals surface area contributed by atoms with E-state index in [0.717, 1.165) is 35.0 Å². The van der Waals surface area contributed by atoms with Gasteiger partial charge in [-0.05, 0) is 56.4 Å². The number of hydrogen-bond donors (Lipinski definition) is 1. The number of hydrogen-bond acceptors (Lipinski definition) is 5. The molecule has 1 fully saturated rings. The van der Waals surface area contributed by atoms with Gasteiger partial charge in [-0.15, -0.1) is 0 Å². The van der Waals surface area contributed by atoms with E-state index in [2.05, 4.69) is 0 Å². The Morgan fingerprint density at radius 3 is 2.23 bits per heavy atom. The highest BCUT2D eigenvalue weighted by Crippen LogP contribution is 2.38. The summed E-state index contributed by atoms with van der Waals surface area (Å²) in [5.74, 6) is -0.348. The number of sulfonamides is 1. The third-order valence-corrected chi connectivity index (χ3v) is 7.51. The molecule has 11 heteroatoms. The molecular weight excluding hydrogens is 437 g/mol. The largest absolute Gasteiger partial charge is 0.416 e. The van der Waals surface area contributed by atoms with Gasteiger partial charge in [0.15, 0.2) is 0 Å². The third kappa shape index (κ3) is 6.18. The quantitative estimate of drug-likeness (QED) is 0.566. The van der Waals surface area contributed by atoms with Gasteiger partial charge in [-0.2, -0.15) is 17.5 Å². The van der Waals surface area contributed by atoms with E-state index in [1.807, 2.05) is 0 Å². The number of halogens is 3. The minimum absolute atomic E-state index is 0.0590. The Labute approximate surface area is 180 Å². The molecule has 0 radical (unpaired) electrons. The number of aliphatic hydroxyl groups excluding tert-OH is 1. The SMILES string of the molecule is CN(CCCO)C(=O)COC1(N(C)S(=O)(=O)c2ccc(C(F)(F)F)cc2)CCCCC1. The second-order valence-electron chi connectivity index (χ2n) is 7.68. The van der Waals surface area contributed by atoms with E-state index in [-0.39, 0.29) is 24.0 Å². The van der Waals surface area contributed by atoms with E-state index in [1.165, 1.54) is 11.9 Å². The van der Waals surface area contributed by atoms with Gasteiger partial charge in [-0.3, -0.25) is 4.79 Å². The topological polar surface area (TPSA) is 87.2 Å². The van der Waals surface area contributed by atoms with Crippen molar-refractivity contribution in [2.75, 3.05) is 33.9 Å². The number of rotatable bonds is 9. The molecule has 0 aliphatic heterocycles. The molecule has 2 rings (SSSR count). The van der Waals surface area contributed by atoms with Crippen LogP contribution in [-0.4, -0.2) is 68.2 Å². The molecule has 1 amide bonds. The Kier molecular flexibility index (Phi) is 8.48. The van der Waals surface area contributed by atoms with Gasteiger partial charge in [0.25, 0.3) is 0 Å². The van der Waals surface area contributed by atoms with Crippen LogP contribution < -0.4 is 0 Å². The summed E-state index contributed by atoms with van der Waals surface area (Å²) in [6.45, 7) is -0.0588. The maximum Gasteiger partial charge on any atom is 0.416 e. The summed E-state index contributed by atoms with van der Waals surface area (Å²) in [6.07, 6.45) is -1.12. The summed E-state index contributed by atoms with van der Waals surface area (Å²) in [7, 11) is -1.26. The molecule has 0 heterocycles. The van der Waals surface area contributed by atoms with Crippen LogP contribution in [0.25, 0.3) is 0 Å². The number of ether oxygens (including phenoxy) is 1. The average Bonchev–Trinajstić information content (AvgIpc) is 2.75. The summed E-state index contributed by atoms with van der Waals surface area (Å²) < 4.78 is 71.7. The lowest BCUT2D eigenvalue weighted by molar-refractivity contribution is -0.161. The van der Waals surface area contributed by atoms with Crippen LogP contribution in [0.15, 0.2) is 29.2 Å². The molecule has 1 aliphatic carbocycles. The molecule has 1 aliphatic rings. The molecule has 1 aromatic carbocycles. The van der Waals surface area contributed by atoms with Crippen LogP contribution in [0.1, 0.15) is 44.1 Å². The lowest BCUT2D eigenvalue weighted by Gasteiger charge is -2.43. The van der Waals surface area contributed by atoms with Crippen LogP contribution in [0, 0.1) is 0 Å². The molecular formula is C20H29F3N2O5S. The summed E-state index contributed by atoms with van der Waals surface area (Å²) >= 11 is 0. The van der Waals surface area contributed by atoms with Gasteiger partial charge in [0.2, 0.25) is 15.9 Å². The molecule has 1 saturated carbocycles. The molecule has 176 valence electrons. The van der Waals surface area contributed by atoms with Gasteiger partial charge in [0.1, 0.15) is 12.3 Å². The van der Waals surface area contributed by atoms with Crippen molar-refractivity contribution in [2.45, 2.75) is 55.3 Å². The number of aliphatic hydroxyl groups is 1. The van der Waals surface area contributed by atoms with Crippen LogP contribution in [0.5, 0.6) is 0 Å². The molecule has 0 aromatic heterocycles. The molecule has 0 unspecified atom stereocenters. The average molecular weight is 467 g/mol. The fraction of sp³-hybridized carbons (Fsp3) is 0.650. The fourth-order valence-electron chi connectivity index (χ4n) is 3.59. The molecule has 0 atom stereocenters. The fourth-order valence-corrected chi connectivity index (χ4v) is 5.06. The van der Waals surface area contributed by atoms with Crippen molar-refractivity contribution in [3.63, 3.8) is 0 Å². The lowest BCUT2D eigenvalue weighted by atomic mass is 9.91. The normalized spacial score (nSPS) is 17.0. The Balaban J connectivity index is 2.23. The third-order valence-electron chi connectivity index (χ3n) is 5.59. The Bertz CT molecular complexity index is 837. The standard InChI is InChI=1S/C20H29F3N2O5S/c1-24(13-6-14-26)18(27)15-30-19(11-4-3-5-12-19)25(2)31(28,29)17-9-7-16(8-10-17)20(21,22)23/h7-10,26H,3-6,11-15H2,1-2H3. The summed E-state index contributed by atoms with van der Waals surface area (Å²) in [6, 6.07) is 3.32. The van der Waals surface area contributed by atoms with Crippen molar-refractivity contribution in [3.8, 4) is 0 Å². The van der Waals surface area contributed by atoms with Crippen LogP contribution in [0.2, 0.25) is 0 Å². The molecule has 1 aromatic rings. The second kappa shape index (κ2) is 10.3. The highest BCUT2D eigenvalue weighted by molar-refractivity contribution is 7.89. The van der Waals surface area contributed by atoms with Crippen LogP contribution in [0.3, 0.4) is 0 Å². The number of amides is 1. The maximum absolute atomic E-state index is 13.2. The van der Waals surface area contributed by atoms with Crippen LogP contribution in [0.4, 0.5) is 13.2 Å². The molecule has 0 spiro atoms. The predicted molar refractivity (Wildman–Crippen MR) is 108 cm³/mol. The lowest BCUT2D eigenvalue weighted by Crippen LogP contribution is -2.53. The van der Waals surface area contributed by atoms with Crippen molar-refractivity contribution >= 4 is 15.9 Å². The Morgan fingerprint density at radius 2 is 1.71 bits per heavy atom. The first-order valence-electron chi connectivity index (χ1n) is 10.1. The van der Waals surface area contributed by atoms with Gasteiger partial charge < -0.3 is 14.7 Å². The van der Waals surface area contributed by atoms with Crippen molar-refractivity contribution in [1.29, 1.82) is 0 Å². The predicted octanol–water partition coefficient (Wildman–Crippen LogP) is 2.84. The van der Waals surface area contributed by atoms with E-state index in [4.69, 9.17) is 9.84 Å². The smallest absolute Gasteiger partial charge is 0.396 e. The molecule has 1 N–H and O–H groups in total. The van der Waals surface area contributed by atoms with Gasteiger partial charge >= 0.3 is 6.18 Å². The molecule has 31 heavy (non-hydrogen) atoms. The number of nitrogens with zero attached hydrogens (tertiary/aromatic N) is 2. The van der Waals surface area contributed by atoms with Crippen molar-refractivity contribution < 1.29 is 36.2 Å². The number of benzene rings is 1. The zero-order valence-corrected chi connectivity index (χ0v) is 18.5. The summed E-state index contributed by atoms with van der Waals surface area (Å²) in [5.41, 5.74) is -2.19. The Hall–Kier alpha value is -1.69. The first-order chi connectivity index (χ1) is 14.4. The number of carbonyl (C=O) groups is 1. The second-order valence-corrected chi connectivity index (χ2v) is 9.65. The first kappa shape index (κ1) is 25.6. The van der Waals surface area contributed by atoms with Gasteiger partial charge in [-0.1, -0.05) is 6.42 Å². The minimum Gasteiger partial charge on any atom is -0.396 e. The van der Waals surface area contributed by atoms with E-state index in [0.29, 0.717) is 38.6 Å². The highest BCUT2D eigenvalue weighted by Gasteiger charge is 2.44. The zero-order valence-electron chi connectivity index (χ0n) is 17.7. The number of likely N-dealkylation sites (N-methyl/N-ethyl adjacent to an activating group) is 1. The Morgan fingerprint density at radius 1 is 1.13 bits per heavy atom. The maximum atomic E-state index is 13.2. The van der Waals surface area contributed by atoms with Crippen molar-refractivity contribution in [2.24, 2.45) is 0 Å². The van der Waals surface area contributed by atoms with Gasteiger partial charge in [0, 0.05) is 27.2 Å². The summed E-state index contributed by atoms with van der Waals surface area (Å²) in [5, 5.41) is 8.90. The minimum atomic E-state index is -4.57. The highest BCUT2D eigenvalue weighted by atomic mass is 32.2. The van der Waals surface area contributed by atoms with Crippen LogP contribution >= 0.6 is 0 Å². The zero-order chi connectivity index (χ0) is 23.3. The van der Waals surface area contributed by atoms with E-state index >= 15 is 0 Å². The monoisotopic (exact) mass is 466 g/mol. The van der Waals surface area contributed by atoms with E-state index in [1.54, 1.807) is 7.05 Å². The van der Waals surface area contributed by atoms with Crippen LogP contribution in [-0.2, 0) is 25.7 Å². The molecule has 7 nitrogen and oxygen atoms in total. The summed E-state index contributed by atoms with van der Waals surface area (Å²) in [4.78, 5) is 13.5. The van der Waals surface area contributed by atoms with Gasteiger partial charge in [-0.25, -0.2) is 8.42 Å². The van der Waals surface area contributed by atoms with Gasteiger partial charge in [0.05, 0.1) is 10.5 Å². The molecule has 0 saturated heterocycles. The van der Waals surface area contributed by atoms with E-state index < -0.39 is 27.5 Å². The van der Waals surface area contributed by atoms with Crippen molar-refractivity contribution in [3.05, 3.63) is 29.8 Å². The van der Waals surface area contributed by atoms with E-state index in [9.17, 15) is 26.4 Å². The molecule has 0 bridgehead atoms. The number of alkyl halides is 3. The number of carbonyl (C=O) groups excluding carboxylic acids is 1. The first-order valence-corrected chi connectivity index (χ1v) is 11.5.